The summed E-state index contributed by atoms with van der Waals surface area (Å²) in [6, 6.07) is 4.05. The maximum absolute atomic E-state index is 13.8. The molecule has 7 heteroatoms. The van der Waals surface area contributed by atoms with E-state index in [1.165, 1.54) is 19.1 Å². The van der Waals surface area contributed by atoms with E-state index in [4.69, 9.17) is 5.11 Å². The SMILES string of the molecule is Cc1cccc(F)c1S(=O)(=O)N1C[C@@H](C)[C@H](C(=O)O)C1. The minimum Gasteiger partial charge on any atom is -0.481 e. The summed E-state index contributed by atoms with van der Waals surface area (Å²) >= 11 is 0. The summed E-state index contributed by atoms with van der Waals surface area (Å²) in [5.74, 6) is -2.89. The van der Waals surface area contributed by atoms with Crippen LogP contribution in [0.5, 0.6) is 0 Å². The first-order valence-electron chi connectivity index (χ1n) is 6.23. The molecule has 5 nitrogen and oxygen atoms in total. The lowest BCUT2D eigenvalue weighted by Gasteiger charge is -2.18. The summed E-state index contributed by atoms with van der Waals surface area (Å²) in [7, 11) is -4.00. The van der Waals surface area contributed by atoms with Gasteiger partial charge in [-0.1, -0.05) is 19.1 Å². The number of rotatable bonds is 3. The Balaban J connectivity index is 2.40. The van der Waals surface area contributed by atoms with Crippen molar-refractivity contribution in [3.05, 3.63) is 29.6 Å². The molecule has 1 aliphatic heterocycles. The monoisotopic (exact) mass is 301 g/mol. The summed E-state index contributed by atoms with van der Waals surface area (Å²) in [5, 5.41) is 9.05. The molecule has 0 bridgehead atoms. The third-order valence-corrected chi connectivity index (χ3v) is 5.67. The molecular weight excluding hydrogens is 285 g/mol. The molecule has 0 spiro atoms. The molecule has 110 valence electrons. The van der Waals surface area contributed by atoms with Gasteiger partial charge in [0.2, 0.25) is 10.0 Å². The van der Waals surface area contributed by atoms with Crippen LogP contribution >= 0.6 is 0 Å². The normalized spacial score (nSPS) is 23.9. The summed E-state index contributed by atoms with van der Waals surface area (Å²) < 4.78 is 39.9. The van der Waals surface area contributed by atoms with Crippen LogP contribution < -0.4 is 0 Å². The van der Waals surface area contributed by atoms with Crippen LogP contribution in [0.4, 0.5) is 4.39 Å². The summed E-state index contributed by atoms with van der Waals surface area (Å²) in [4.78, 5) is 10.7. The van der Waals surface area contributed by atoms with E-state index in [-0.39, 0.29) is 23.9 Å². The highest BCUT2D eigenvalue weighted by Gasteiger charge is 2.41. The molecule has 20 heavy (non-hydrogen) atoms. The minimum atomic E-state index is -4.00. The Labute approximate surface area is 117 Å². The number of carboxylic acids is 1. The molecule has 2 atom stereocenters. The lowest BCUT2D eigenvalue weighted by atomic mass is 9.99. The second kappa shape index (κ2) is 5.14. The van der Waals surface area contributed by atoms with Crippen LogP contribution in [-0.2, 0) is 14.8 Å². The lowest BCUT2D eigenvalue weighted by molar-refractivity contribution is -0.142. The Bertz CT molecular complexity index is 624. The van der Waals surface area contributed by atoms with Crippen molar-refractivity contribution >= 4 is 16.0 Å². The zero-order valence-corrected chi connectivity index (χ0v) is 12.0. The number of carbonyl (C=O) groups is 1. The standard InChI is InChI=1S/C13H16FNO4S/c1-8-4-3-5-11(14)12(8)20(18,19)15-6-9(2)10(7-15)13(16)17/h3-5,9-10H,6-7H2,1-2H3,(H,16,17)/t9-,10-/m1/s1. The van der Waals surface area contributed by atoms with E-state index < -0.39 is 27.7 Å². The van der Waals surface area contributed by atoms with Gasteiger partial charge in [0.05, 0.1) is 5.92 Å². The number of aliphatic carboxylic acids is 1. The van der Waals surface area contributed by atoms with Gasteiger partial charge in [0.1, 0.15) is 10.7 Å². The van der Waals surface area contributed by atoms with Crippen molar-refractivity contribution in [1.29, 1.82) is 0 Å². The fourth-order valence-electron chi connectivity index (χ4n) is 2.51. The van der Waals surface area contributed by atoms with Crippen LogP contribution in [0.2, 0.25) is 0 Å². The van der Waals surface area contributed by atoms with E-state index in [1.807, 2.05) is 0 Å². The molecule has 1 fully saturated rings. The quantitative estimate of drug-likeness (QED) is 0.917. The van der Waals surface area contributed by atoms with Gasteiger partial charge in [-0.15, -0.1) is 0 Å². The van der Waals surface area contributed by atoms with Crippen LogP contribution in [-0.4, -0.2) is 36.9 Å². The predicted molar refractivity (Wildman–Crippen MR) is 70.2 cm³/mol. The number of benzene rings is 1. The van der Waals surface area contributed by atoms with Gasteiger partial charge in [0, 0.05) is 13.1 Å². The maximum atomic E-state index is 13.8. The molecule has 0 radical (unpaired) electrons. The van der Waals surface area contributed by atoms with Crippen molar-refractivity contribution in [1.82, 2.24) is 4.31 Å². The smallest absolute Gasteiger partial charge is 0.308 e. The van der Waals surface area contributed by atoms with Crippen molar-refractivity contribution in [3.8, 4) is 0 Å². The second-order valence-electron chi connectivity index (χ2n) is 5.13. The highest BCUT2D eigenvalue weighted by molar-refractivity contribution is 7.89. The first kappa shape index (κ1) is 14.9. The molecule has 1 N–H and O–H groups in total. The lowest BCUT2D eigenvalue weighted by Crippen LogP contribution is -2.31. The molecule has 1 aromatic rings. The highest BCUT2D eigenvalue weighted by atomic mass is 32.2. The van der Waals surface area contributed by atoms with Crippen molar-refractivity contribution in [2.24, 2.45) is 11.8 Å². The summed E-state index contributed by atoms with van der Waals surface area (Å²) in [6.45, 7) is 3.17. The average molecular weight is 301 g/mol. The Morgan fingerprint density at radius 1 is 1.40 bits per heavy atom. The maximum Gasteiger partial charge on any atom is 0.308 e. The zero-order valence-electron chi connectivity index (χ0n) is 11.2. The molecule has 0 unspecified atom stereocenters. The van der Waals surface area contributed by atoms with E-state index in [1.54, 1.807) is 6.92 Å². The highest BCUT2D eigenvalue weighted by Crippen LogP contribution is 2.30. The largest absolute Gasteiger partial charge is 0.481 e. The Hall–Kier alpha value is -1.47. The first-order chi connectivity index (χ1) is 9.25. The van der Waals surface area contributed by atoms with Crippen molar-refractivity contribution in [3.63, 3.8) is 0 Å². The zero-order chi connectivity index (χ0) is 15.1. The topological polar surface area (TPSA) is 74.7 Å². The molecule has 0 aliphatic carbocycles. The molecule has 0 aromatic heterocycles. The van der Waals surface area contributed by atoms with Crippen molar-refractivity contribution in [2.45, 2.75) is 18.7 Å². The van der Waals surface area contributed by atoms with Crippen LogP contribution in [0.25, 0.3) is 0 Å². The molecule has 1 heterocycles. The molecule has 1 aliphatic rings. The van der Waals surface area contributed by atoms with Crippen LogP contribution in [0.1, 0.15) is 12.5 Å². The summed E-state index contributed by atoms with van der Waals surface area (Å²) in [6.07, 6.45) is 0. The number of aryl methyl sites for hydroxylation is 1. The third kappa shape index (κ3) is 2.43. The van der Waals surface area contributed by atoms with E-state index >= 15 is 0 Å². The second-order valence-corrected chi connectivity index (χ2v) is 7.00. The average Bonchev–Trinajstić information content (AvgIpc) is 2.71. The Morgan fingerprint density at radius 3 is 2.55 bits per heavy atom. The number of sulfonamides is 1. The van der Waals surface area contributed by atoms with E-state index in [9.17, 15) is 17.6 Å². The number of carboxylic acid groups (broad SMARTS) is 1. The van der Waals surface area contributed by atoms with Gasteiger partial charge in [-0.3, -0.25) is 4.79 Å². The van der Waals surface area contributed by atoms with Gasteiger partial charge in [0.25, 0.3) is 0 Å². The van der Waals surface area contributed by atoms with Crippen molar-refractivity contribution in [2.75, 3.05) is 13.1 Å². The number of hydrogen-bond acceptors (Lipinski definition) is 3. The predicted octanol–water partition coefficient (Wildman–Crippen LogP) is 1.48. The minimum absolute atomic E-state index is 0.0904. The van der Waals surface area contributed by atoms with Gasteiger partial charge in [-0.05, 0) is 24.5 Å². The van der Waals surface area contributed by atoms with Crippen molar-refractivity contribution < 1.29 is 22.7 Å². The number of hydrogen-bond donors (Lipinski definition) is 1. The molecular formula is C13H16FNO4S. The first-order valence-corrected chi connectivity index (χ1v) is 7.67. The molecule has 0 amide bonds. The van der Waals surface area contributed by atoms with Gasteiger partial charge < -0.3 is 5.11 Å². The van der Waals surface area contributed by atoms with Gasteiger partial charge in [0.15, 0.2) is 0 Å². The Morgan fingerprint density at radius 2 is 2.05 bits per heavy atom. The fourth-order valence-corrected chi connectivity index (χ4v) is 4.35. The van der Waals surface area contributed by atoms with E-state index in [2.05, 4.69) is 0 Å². The molecule has 0 saturated carbocycles. The fraction of sp³-hybridized carbons (Fsp3) is 0.462. The van der Waals surface area contributed by atoms with Gasteiger partial charge in [-0.2, -0.15) is 4.31 Å². The third-order valence-electron chi connectivity index (χ3n) is 3.66. The molecule has 1 aromatic carbocycles. The van der Waals surface area contributed by atoms with Crippen LogP contribution in [0.15, 0.2) is 23.1 Å². The van der Waals surface area contributed by atoms with E-state index in [0.29, 0.717) is 5.56 Å². The van der Waals surface area contributed by atoms with Crippen LogP contribution in [0, 0.1) is 24.6 Å². The van der Waals surface area contributed by atoms with Crippen LogP contribution in [0.3, 0.4) is 0 Å². The van der Waals surface area contributed by atoms with Gasteiger partial charge >= 0.3 is 5.97 Å². The Kier molecular flexibility index (Phi) is 3.84. The number of nitrogens with zero attached hydrogens (tertiary/aromatic N) is 1. The number of halogens is 1. The van der Waals surface area contributed by atoms with Gasteiger partial charge in [-0.25, -0.2) is 12.8 Å². The molecule has 1 saturated heterocycles. The van der Waals surface area contributed by atoms with E-state index in [0.717, 1.165) is 10.4 Å². The summed E-state index contributed by atoms with van der Waals surface area (Å²) in [5.41, 5.74) is 0.316. The molecule has 2 rings (SSSR count).